The highest BCUT2D eigenvalue weighted by Gasteiger charge is 2.27. The predicted molar refractivity (Wildman–Crippen MR) is 559 cm³/mol. The Morgan fingerprint density at radius 3 is 1.05 bits per heavy atom. The number of carbonyl (C=O) groups is 1. The van der Waals surface area contributed by atoms with Gasteiger partial charge in [-0.2, -0.15) is 29.2 Å². The van der Waals surface area contributed by atoms with Gasteiger partial charge in [0.25, 0.3) is 5.69 Å². The van der Waals surface area contributed by atoms with Crippen LogP contribution in [0.25, 0.3) is 89.2 Å². The molecule has 143 heavy (non-hydrogen) atoms. The second-order valence-corrected chi connectivity index (χ2v) is 32.9. The Labute approximate surface area is 834 Å². The lowest BCUT2D eigenvalue weighted by atomic mass is 10.1. The van der Waals surface area contributed by atoms with Crippen LogP contribution in [0.3, 0.4) is 0 Å². The number of para-hydroxylation sites is 4. The van der Waals surface area contributed by atoms with E-state index in [-0.39, 0.29) is 45.7 Å². The number of aromatic nitrogens is 16. The molecule has 16 rings (SSSR count). The standard InChI is InChI=1S/C25H30N8O3.C25H32N8O.C20H17FN6O3.C13H11ClN4.C7H7FN2O3.C6H15N.C3H3ClO/c1-6-32-20-10-8-7-9-17(20)24(29-32)18-11-12-26-25(27-18)28-19-15-22(33(34)35)21(16-23(19)36-5)31(4)14-13-30(2)3;1-6-33-21-10-8-7-9-17(21)24(30-33)19-11-12-27-25(28-19)29-20-15-18(26)22(16-23(20)34-5)32(4)14-13-31(2)3;1-3-26-16-7-5-4-6-12(16)19(25-26)14-8-9-22-20(23-14)24-15-11-17(27(28)29)13(21)10-18(15)30-2;1-2-18-11-6-4-3-5-9(11)12(17-18)10-7-8-15-13(14)16-10;1-13-7-2-4(8)6(10(11)12)3-5(7)9;1-4-5-6-7(2)3;1-2-3(4)5/h7-12,15-16H,6,13-14H2,1-5H3,(H,26,27,28);7-12,15-16H,6,13-14,26H2,1-5H3,(H,27,28,29);4-11H,3H2,1-2H3,(H,22,23,24);3-8H,2H2,1H3;2-3H,9H2,1H3;4-6H2,1-3H3;2H,1H2. The molecule has 7 N–H and O–H groups in total. The number of nitrogens with zero attached hydrogens (tertiary/aromatic N) is 24. The maximum absolute atomic E-state index is 13.9. The van der Waals surface area contributed by atoms with Crippen molar-refractivity contribution in [1.29, 1.82) is 0 Å². The number of carbonyl (C=O) groups excluding carboxylic acids is 1. The van der Waals surface area contributed by atoms with Crippen molar-refractivity contribution in [2.45, 2.75) is 73.6 Å². The molecule has 750 valence electrons. The van der Waals surface area contributed by atoms with Crippen molar-refractivity contribution < 1.29 is 47.3 Å². The Kier molecular flexibility index (Phi) is 39.6. The summed E-state index contributed by atoms with van der Waals surface area (Å²) in [4.78, 5) is 85.9. The van der Waals surface area contributed by atoms with E-state index in [2.05, 4.69) is 154 Å². The van der Waals surface area contributed by atoms with Gasteiger partial charge in [0, 0.05) is 155 Å². The lowest BCUT2D eigenvalue weighted by Crippen LogP contribution is -2.29. The maximum atomic E-state index is 13.9. The number of nitrogen functional groups attached to an aromatic ring is 2. The first-order valence-electron chi connectivity index (χ1n) is 45.1. The number of aryl methyl sites for hydroxylation is 4. The Morgan fingerprint density at radius 1 is 0.420 bits per heavy atom. The molecule has 0 saturated carbocycles. The average molecular weight is 2000 g/mol. The van der Waals surface area contributed by atoms with Crippen molar-refractivity contribution in [2.24, 2.45) is 0 Å². The highest BCUT2D eigenvalue weighted by Crippen LogP contribution is 2.42. The topological polar surface area (TPSA) is 462 Å². The Balaban J connectivity index is 0.000000184. The number of nitro groups is 3. The number of hydrogen-bond donors (Lipinski definition) is 5. The third-order valence-electron chi connectivity index (χ3n) is 21.6. The molecule has 8 heterocycles. The monoisotopic (exact) mass is 1990 g/mol. The van der Waals surface area contributed by atoms with E-state index in [0.29, 0.717) is 70.4 Å². The third kappa shape index (κ3) is 28.5. The zero-order chi connectivity index (χ0) is 104. The molecule has 44 heteroatoms. The van der Waals surface area contributed by atoms with Crippen LogP contribution in [-0.2, 0) is 31.0 Å². The van der Waals surface area contributed by atoms with Gasteiger partial charge in [0.1, 0.15) is 51.5 Å². The number of unbranched alkanes of at least 4 members (excludes halogenated alkanes) is 1. The van der Waals surface area contributed by atoms with Gasteiger partial charge in [-0.25, -0.2) is 39.9 Å². The van der Waals surface area contributed by atoms with E-state index in [4.69, 9.17) is 64.1 Å². The van der Waals surface area contributed by atoms with Crippen molar-refractivity contribution >= 4 is 147 Å². The first kappa shape index (κ1) is 109. The van der Waals surface area contributed by atoms with Gasteiger partial charge in [0.05, 0.1) is 122 Å². The molecular weight excluding hydrogens is 1880 g/mol. The number of methoxy groups -OCH3 is 4. The molecule has 8 aromatic carbocycles. The second-order valence-electron chi connectivity index (χ2n) is 32.2. The smallest absolute Gasteiger partial charge is 0.307 e. The van der Waals surface area contributed by atoms with Crippen molar-refractivity contribution in [1.82, 2.24) is 93.7 Å². The van der Waals surface area contributed by atoms with Crippen LogP contribution in [0.5, 0.6) is 23.0 Å². The summed E-state index contributed by atoms with van der Waals surface area (Å²) in [6.07, 6.45) is 10.2. The number of benzene rings is 8. The van der Waals surface area contributed by atoms with Gasteiger partial charge in [-0.15, -0.1) is 0 Å². The molecule has 0 saturated heterocycles. The van der Waals surface area contributed by atoms with Gasteiger partial charge in [0.15, 0.2) is 0 Å². The summed E-state index contributed by atoms with van der Waals surface area (Å²) in [7, 11) is 21.9. The lowest BCUT2D eigenvalue weighted by Gasteiger charge is -2.24. The zero-order valence-corrected chi connectivity index (χ0v) is 83.9. The second kappa shape index (κ2) is 52.1. The van der Waals surface area contributed by atoms with Gasteiger partial charge in [0.2, 0.25) is 40.0 Å². The summed E-state index contributed by atoms with van der Waals surface area (Å²) in [6, 6.07) is 50.0. The van der Waals surface area contributed by atoms with Gasteiger partial charge < -0.3 is 70.9 Å². The quantitative estimate of drug-likeness (QED) is 0.00637. The fourth-order valence-corrected chi connectivity index (χ4v) is 14.6. The third-order valence-corrected chi connectivity index (χ3v) is 22.0. The summed E-state index contributed by atoms with van der Waals surface area (Å²) < 4.78 is 55.5. The van der Waals surface area contributed by atoms with Crippen LogP contribution in [0.2, 0.25) is 5.28 Å². The van der Waals surface area contributed by atoms with Gasteiger partial charge in [-0.05, 0) is 167 Å². The van der Waals surface area contributed by atoms with Crippen LogP contribution < -0.4 is 56.2 Å². The number of halogens is 4. The molecule has 0 unspecified atom stereocenters. The van der Waals surface area contributed by atoms with Crippen LogP contribution in [0.1, 0.15) is 47.5 Å². The number of likely N-dealkylation sites (N-methyl/N-ethyl adjacent to an activating group) is 4. The Morgan fingerprint density at radius 2 is 0.727 bits per heavy atom. The normalized spacial score (nSPS) is 10.8. The molecule has 0 fully saturated rings. The summed E-state index contributed by atoms with van der Waals surface area (Å²) in [6.45, 7) is 20.9. The molecule has 0 aliphatic rings. The first-order chi connectivity index (χ1) is 68.6. The van der Waals surface area contributed by atoms with Gasteiger partial charge in [-0.1, -0.05) is 92.7 Å². The summed E-state index contributed by atoms with van der Waals surface area (Å²) in [5, 5.41) is 65.0. The minimum Gasteiger partial charge on any atom is -0.494 e. The molecule has 8 aromatic heterocycles. The lowest BCUT2D eigenvalue weighted by molar-refractivity contribution is -0.387. The molecule has 0 aliphatic heterocycles. The molecule has 0 amide bonds. The molecule has 0 atom stereocenters. The van der Waals surface area contributed by atoms with Crippen LogP contribution in [0.15, 0.2) is 207 Å². The maximum Gasteiger partial charge on any atom is 0.307 e. The summed E-state index contributed by atoms with van der Waals surface area (Å²) >= 11 is 10.5. The highest BCUT2D eigenvalue weighted by molar-refractivity contribution is 6.66. The number of rotatable bonds is 33. The minimum atomic E-state index is -0.992. The van der Waals surface area contributed by atoms with Crippen molar-refractivity contribution in [3.05, 3.63) is 255 Å². The average Bonchev–Trinajstić information content (AvgIpc) is 1.65. The van der Waals surface area contributed by atoms with E-state index in [0.717, 1.165) is 147 Å². The number of nitro benzene ring substituents is 3. The van der Waals surface area contributed by atoms with Gasteiger partial charge in [-0.3, -0.25) is 53.9 Å². The van der Waals surface area contributed by atoms with Crippen LogP contribution in [0.4, 0.5) is 83.5 Å². The predicted octanol–water partition coefficient (Wildman–Crippen LogP) is 19.1. The van der Waals surface area contributed by atoms with Gasteiger partial charge >= 0.3 is 11.4 Å². The van der Waals surface area contributed by atoms with Crippen LogP contribution in [0, 0.1) is 42.0 Å². The first-order valence-corrected chi connectivity index (χ1v) is 45.8. The van der Waals surface area contributed by atoms with Crippen LogP contribution >= 0.6 is 23.2 Å². The molecule has 0 spiro atoms. The Bertz CT molecular complexity index is 7090. The number of nitrogens with two attached hydrogens (primary N) is 2. The Hall–Kier alpha value is -16.3. The van der Waals surface area contributed by atoms with E-state index in [1.807, 2.05) is 174 Å². The fourth-order valence-electron chi connectivity index (χ4n) is 14.4. The van der Waals surface area contributed by atoms with E-state index in [9.17, 15) is 43.9 Å². The highest BCUT2D eigenvalue weighted by atomic mass is 35.5. The summed E-state index contributed by atoms with van der Waals surface area (Å²) in [5.41, 5.74) is 23.7. The molecule has 0 aliphatic carbocycles. The molecule has 0 radical (unpaired) electrons. The molecule has 16 aromatic rings. The number of anilines is 10. The van der Waals surface area contributed by atoms with E-state index in [1.165, 1.54) is 46.8 Å². The van der Waals surface area contributed by atoms with Crippen molar-refractivity contribution in [3.63, 3.8) is 0 Å². The fraction of sp³-hybridized carbons (Fsp3) is 0.283. The number of allylic oxidation sites excluding steroid dienone is 1. The minimum absolute atomic E-state index is 0.0376. The zero-order valence-electron chi connectivity index (χ0n) is 82.4. The van der Waals surface area contributed by atoms with Crippen molar-refractivity contribution in [2.75, 3.05) is 155 Å². The number of hydrogen-bond acceptors (Lipinski definition) is 33. The largest absolute Gasteiger partial charge is 0.494 e. The number of nitrogens with one attached hydrogen (secondary N) is 3. The van der Waals surface area contributed by atoms with E-state index < -0.39 is 43.0 Å². The SMILES string of the molecule is C=CC(=O)Cl.CCCCN(C)C.CCn1nc(-c2ccnc(Cl)n2)c2ccccc21.CCn1nc(-c2ccnc(Nc3cc(N)c(N(C)CCN(C)C)cc3OC)n2)c2ccccc21.CCn1nc(-c2ccnc(Nc3cc([N+](=O)[O-])c(F)cc3OC)n2)c2ccccc21.CCn1nc(-c2ccnc(Nc3cc([N+](=O)[O-])c(N(C)CCN(C)C)cc3OC)n2)c2ccccc21.COc1cc(F)c([N+](=O)[O-])cc1N. The molecule has 40 nitrogen and oxygen atoms in total. The summed E-state index contributed by atoms with van der Waals surface area (Å²) in [5.74, 6) is 0.225. The number of fused-ring (bicyclic) bond motifs is 4. The van der Waals surface area contributed by atoms with Crippen LogP contribution in [-0.4, -0.2) is 231 Å². The molecule has 0 bridgehead atoms. The van der Waals surface area contributed by atoms with E-state index >= 15 is 0 Å². The number of ether oxygens (including phenoxy) is 4. The van der Waals surface area contributed by atoms with Crippen molar-refractivity contribution in [3.8, 4) is 68.5 Å². The molecular formula is C99H115Cl2F2N29O11. The van der Waals surface area contributed by atoms with E-state index in [1.54, 1.807) is 50.1 Å².